The van der Waals surface area contributed by atoms with Crippen molar-refractivity contribution in [2.24, 2.45) is 0 Å². The van der Waals surface area contributed by atoms with Gasteiger partial charge in [0, 0.05) is 0 Å². The van der Waals surface area contributed by atoms with Crippen molar-refractivity contribution in [3.8, 4) is 0 Å². The SMILES string of the molecule is O=C(Nc1c(F)cccc1F)c1ccco1. The highest BCUT2D eigenvalue weighted by atomic mass is 19.1. The lowest BCUT2D eigenvalue weighted by molar-refractivity contribution is 0.0995. The molecule has 0 saturated heterocycles. The van der Waals surface area contributed by atoms with Gasteiger partial charge >= 0.3 is 0 Å². The average molecular weight is 223 g/mol. The number of furan rings is 1. The molecule has 2 rings (SSSR count). The van der Waals surface area contributed by atoms with Gasteiger partial charge in [0.15, 0.2) is 5.76 Å². The summed E-state index contributed by atoms with van der Waals surface area (Å²) in [6, 6.07) is 6.23. The number of carbonyl (C=O) groups is 1. The number of para-hydroxylation sites is 1. The molecule has 0 spiro atoms. The number of hydrogen-bond donors (Lipinski definition) is 1. The van der Waals surface area contributed by atoms with Crippen molar-refractivity contribution in [1.82, 2.24) is 0 Å². The Morgan fingerprint density at radius 2 is 1.81 bits per heavy atom. The third-order valence-electron chi connectivity index (χ3n) is 1.95. The molecule has 1 aromatic heterocycles. The Kier molecular flexibility index (Phi) is 2.68. The van der Waals surface area contributed by atoms with Crippen molar-refractivity contribution in [3.63, 3.8) is 0 Å². The monoisotopic (exact) mass is 223 g/mol. The number of rotatable bonds is 2. The van der Waals surface area contributed by atoms with E-state index in [1.165, 1.54) is 24.5 Å². The van der Waals surface area contributed by atoms with E-state index in [1.54, 1.807) is 0 Å². The molecule has 1 heterocycles. The second kappa shape index (κ2) is 4.14. The van der Waals surface area contributed by atoms with Gasteiger partial charge in [-0.05, 0) is 24.3 Å². The number of anilines is 1. The number of benzene rings is 1. The molecule has 0 saturated carbocycles. The molecule has 16 heavy (non-hydrogen) atoms. The molecule has 0 aliphatic rings. The predicted molar refractivity (Wildman–Crippen MR) is 53.0 cm³/mol. The maximum atomic E-state index is 13.2. The van der Waals surface area contributed by atoms with Crippen LogP contribution >= 0.6 is 0 Å². The molecule has 0 unspecified atom stereocenters. The van der Waals surface area contributed by atoms with Crippen molar-refractivity contribution in [2.75, 3.05) is 5.32 Å². The summed E-state index contributed by atoms with van der Waals surface area (Å²) in [6.45, 7) is 0. The maximum Gasteiger partial charge on any atom is 0.291 e. The molecular weight excluding hydrogens is 216 g/mol. The fourth-order valence-corrected chi connectivity index (χ4v) is 1.20. The van der Waals surface area contributed by atoms with E-state index in [9.17, 15) is 13.6 Å². The van der Waals surface area contributed by atoms with E-state index in [0.717, 1.165) is 12.1 Å². The summed E-state index contributed by atoms with van der Waals surface area (Å²) in [5.74, 6) is -2.38. The number of carbonyl (C=O) groups excluding carboxylic acids is 1. The Labute approximate surface area is 89.7 Å². The van der Waals surface area contributed by atoms with Gasteiger partial charge in [0.1, 0.15) is 17.3 Å². The maximum absolute atomic E-state index is 13.2. The van der Waals surface area contributed by atoms with Crippen molar-refractivity contribution < 1.29 is 18.0 Å². The van der Waals surface area contributed by atoms with E-state index in [0.29, 0.717) is 0 Å². The lowest BCUT2D eigenvalue weighted by Gasteiger charge is -2.05. The van der Waals surface area contributed by atoms with Crippen LogP contribution in [0.25, 0.3) is 0 Å². The van der Waals surface area contributed by atoms with Gasteiger partial charge in [0.25, 0.3) is 5.91 Å². The van der Waals surface area contributed by atoms with Crippen LogP contribution in [0, 0.1) is 11.6 Å². The first kappa shape index (κ1) is 10.4. The third-order valence-corrected chi connectivity index (χ3v) is 1.95. The van der Waals surface area contributed by atoms with Crippen LogP contribution in [0.3, 0.4) is 0 Å². The Bertz CT molecular complexity index is 488. The van der Waals surface area contributed by atoms with E-state index in [4.69, 9.17) is 4.42 Å². The van der Waals surface area contributed by atoms with E-state index in [2.05, 4.69) is 5.32 Å². The summed E-state index contributed by atoms with van der Waals surface area (Å²) in [4.78, 5) is 11.4. The van der Waals surface area contributed by atoms with Crippen LogP contribution in [0.15, 0.2) is 41.0 Å². The van der Waals surface area contributed by atoms with Gasteiger partial charge < -0.3 is 9.73 Å². The zero-order chi connectivity index (χ0) is 11.5. The number of hydrogen-bond acceptors (Lipinski definition) is 2. The van der Waals surface area contributed by atoms with Crippen LogP contribution in [0.5, 0.6) is 0 Å². The summed E-state index contributed by atoms with van der Waals surface area (Å²) < 4.78 is 31.1. The van der Waals surface area contributed by atoms with Gasteiger partial charge in [0.05, 0.1) is 6.26 Å². The molecule has 1 N–H and O–H groups in total. The highest BCUT2D eigenvalue weighted by Crippen LogP contribution is 2.18. The molecule has 0 atom stereocenters. The van der Waals surface area contributed by atoms with Crippen LogP contribution < -0.4 is 5.32 Å². The normalized spacial score (nSPS) is 10.1. The number of amides is 1. The molecule has 1 aromatic carbocycles. The van der Waals surface area contributed by atoms with Crippen LogP contribution in [0.2, 0.25) is 0 Å². The molecule has 0 aliphatic carbocycles. The second-order valence-corrected chi connectivity index (χ2v) is 3.03. The molecule has 2 aromatic rings. The Hall–Kier alpha value is -2.17. The number of nitrogens with one attached hydrogen (secondary N) is 1. The quantitative estimate of drug-likeness (QED) is 0.850. The molecule has 0 aliphatic heterocycles. The fraction of sp³-hybridized carbons (Fsp3) is 0. The molecule has 0 radical (unpaired) electrons. The van der Waals surface area contributed by atoms with Crippen molar-refractivity contribution in [3.05, 3.63) is 54.0 Å². The van der Waals surface area contributed by atoms with Gasteiger partial charge in [-0.3, -0.25) is 4.79 Å². The number of halogens is 2. The minimum Gasteiger partial charge on any atom is -0.459 e. The van der Waals surface area contributed by atoms with Gasteiger partial charge in [-0.25, -0.2) is 8.78 Å². The zero-order valence-electron chi connectivity index (χ0n) is 8.04. The topological polar surface area (TPSA) is 42.2 Å². The standard InChI is InChI=1S/C11H7F2NO2/c12-7-3-1-4-8(13)10(7)14-11(15)9-5-2-6-16-9/h1-6H,(H,14,15). The molecule has 1 amide bonds. The molecule has 82 valence electrons. The zero-order valence-corrected chi connectivity index (χ0v) is 8.04. The van der Waals surface area contributed by atoms with E-state index >= 15 is 0 Å². The van der Waals surface area contributed by atoms with Gasteiger partial charge in [-0.1, -0.05) is 6.07 Å². The van der Waals surface area contributed by atoms with Crippen molar-refractivity contribution in [1.29, 1.82) is 0 Å². The molecular formula is C11H7F2NO2. The van der Waals surface area contributed by atoms with Crippen molar-refractivity contribution in [2.45, 2.75) is 0 Å². The van der Waals surface area contributed by atoms with Crippen LogP contribution in [0.4, 0.5) is 14.5 Å². The lowest BCUT2D eigenvalue weighted by Crippen LogP contribution is -2.13. The summed E-state index contributed by atoms with van der Waals surface area (Å²) >= 11 is 0. The van der Waals surface area contributed by atoms with Crippen molar-refractivity contribution >= 4 is 11.6 Å². The summed E-state index contributed by atoms with van der Waals surface area (Å²) in [7, 11) is 0. The fourth-order valence-electron chi connectivity index (χ4n) is 1.20. The second-order valence-electron chi connectivity index (χ2n) is 3.03. The first-order valence-corrected chi connectivity index (χ1v) is 4.47. The minimum atomic E-state index is -0.833. The highest BCUT2D eigenvalue weighted by molar-refractivity contribution is 6.02. The van der Waals surface area contributed by atoms with Crippen LogP contribution in [-0.2, 0) is 0 Å². The van der Waals surface area contributed by atoms with E-state index in [1.807, 2.05) is 0 Å². The van der Waals surface area contributed by atoms with Crippen LogP contribution in [0.1, 0.15) is 10.6 Å². The Morgan fingerprint density at radius 3 is 2.38 bits per heavy atom. The average Bonchev–Trinajstić information content (AvgIpc) is 2.76. The Balaban J connectivity index is 2.25. The first-order chi connectivity index (χ1) is 7.68. The Morgan fingerprint density at radius 1 is 1.12 bits per heavy atom. The largest absolute Gasteiger partial charge is 0.459 e. The first-order valence-electron chi connectivity index (χ1n) is 4.47. The molecule has 3 nitrogen and oxygen atoms in total. The highest BCUT2D eigenvalue weighted by Gasteiger charge is 2.14. The summed E-state index contributed by atoms with van der Waals surface area (Å²) in [5.41, 5.74) is -0.482. The lowest BCUT2D eigenvalue weighted by atomic mass is 10.3. The van der Waals surface area contributed by atoms with Gasteiger partial charge in [0.2, 0.25) is 0 Å². The minimum absolute atomic E-state index is 0.0114. The van der Waals surface area contributed by atoms with E-state index < -0.39 is 23.2 Å². The van der Waals surface area contributed by atoms with Crippen LogP contribution in [-0.4, -0.2) is 5.91 Å². The van der Waals surface area contributed by atoms with E-state index in [-0.39, 0.29) is 5.76 Å². The predicted octanol–water partition coefficient (Wildman–Crippen LogP) is 2.81. The summed E-state index contributed by atoms with van der Waals surface area (Å²) in [6.07, 6.45) is 1.30. The van der Waals surface area contributed by atoms with Gasteiger partial charge in [-0.15, -0.1) is 0 Å². The smallest absolute Gasteiger partial charge is 0.291 e. The molecule has 5 heteroatoms. The van der Waals surface area contributed by atoms with Gasteiger partial charge in [-0.2, -0.15) is 0 Å². The molecule has 0 bridgehead atoms. The third kappa shape index (κ3) is 1.93. The molecule has 0 fully saturated rings. The summed E-state index contributed by atoms with van der Waals surface area (Å²) in [5, 5.41) is 2.10.